The van der Waals surface area contributed by atoms with Crippen molar-refractivity contribution in [1.82, 2.24) is 0 Å². The van der Waals surface area contributed by atoms with Crippen LogP contribution in [0.4, 0.5) is 4.39 Å². The molecule has 0 aliphatic heterocycles. The number of ketones is 2. The molecule has 3 nitrogen and oxygen atoms in total. The smallest absolute Gasteiger partial charge is 0.170 e. The number of rotatable bonds is 7. The first-order chi connectivity index (χ1) is 13.1. The summed E-state index contributed by atoms with van der Waals surface area (Å²) < 4.78 is 18.3. The molecular formula is C23H19FO3. The Kier molecular flexibility index (Phi) is 5.77. The SMILES string of the molecule is COc1ccc(C(=O)CC(C(=O)c2ccc(F)cc2)c2ccccc2)cc1. The van der Waals surface area contributed by atoms with Crippen LogP contribution in [0.1, 0.15) is 38.6 Å². The number of halogens is 1. The molecule has 4 heteroatoms. The van der Waals surface area contributed by atoms with Crippen LogP contribution in [0.25, 0.3) is 0 Å². The fourth-order valence-electron chi connectivity index (χ4n) is 2.94. The van der Waals surface area contributed by atoms with Crippen molar-refractivity contribution in [3.8, 4) is 5.75 Å². The summed E-state index contributed by atoms with van der Waals surface area (Å²) in [5.41, 5.74) is 1.66. The van der Waals surface area contributed by atoms with E-state index in [4.69, 9.17) is 4.74 Å². The zero-order valence-electron chi connectivity index (χ0n) is 14.9. The quantitative estimate of drug-likeness (QED) is 0.551. The number of hydrogen-bond donors (Lipinski definition) is 0. The predicted octanol–water partition coefficient (Wildman–Crippen LogP) is 5.07. The van der Waals surface area contributed by atoms with Gasteiger partial charge in [-0.2, -0.15) is 0 Å². The number of benzene rings is 3. The minimum Gasteiger partial charge on any atom is -0.497 e. The van der Waals surface area contributed by atoms with Crippen molar-refractivity contribution in [3.63, 3.8) is 0 Å². The third-order valence-corrected chi connectivity index (χ3v) is 4.45. The first-order valence-corrected chi connectivity index (χ1v) is 8.60. The number of ether oxygens (including phenoxy) is 1. The molecule has 3 aromatic rings. The van der Waals surface area contributed by atoms with Crippen LogP contribution in [-0.2, 0) is 0 Å². The Balaban J connectivity index is 1.89. The summed E-state index contributed by atoms with van der Waals surface area (Å²) >= 11 is 0. The van der Waals surface area contributed by atoms with Gasteiger partial charge in [0.1, 0.15) is 11.6 Å². The van der Waals surface area contributed by atoms with Gasteiger partial charge in [0.25, 0.3) is 0 Å². The monoisotopic (exact) mass is 362 g/mol. The highest BCUT2D eigenvalue weighted by Gasteiger charge is 2.25. The third kappa shape index (κ3) is 4.47. The Bertz CT molecular complexity index is 916. The molecule has 0 saturated carbocycles. The molecule has 0 heterocycles. The highest BCUT2D eigenvalue weighted by atomic mass is 19.1. The number of carbonyl (C=O) groups excluding carboxylic acids is 2. The van der Waals surface area contributed by atoms with E-state index in [1.54, 1.807) is 31.4 Å². The van der Waals surface area contributed by atoms with Crippen LogP contribution in [0.15, 0.2) is 78.9 Å². The molecule has 136 valence electrons. The fraction of sp³-hybridized carbons (Fsp3) is 0.130. The molecule has 27 heavy (non-hydrogen) atoms. The first-order valence-electron chi connectivity index (χ1n) is 8.60. The van der Waals surface area contributed by atoms with Gasteiger partial charge in [-0.05, 0) is 54.1 Å². The van der Waals surface area contributed by atoms with Crippen molar-refractivity contribution in [2.45, 2.75) is 12.3 Å². The fourth-order valence-corrected chi connectivity index (χ4v) is 2.94. The van der Waals surface area contributed by atoms with Crippen LogP contribution in [0.2, 0.25) is 0 Å². The first kappa shape index (κ1) is 18.5. The van der Waals surface area contributed by atoms with Gasteiger partial charge < -0.3 is 4.74 Å². The lowest BCUT2D eigenvalue weighted by molar-refractivity contribution is 0.0893. The molecule has 0 aromatic heterocycles. The molecule has 0 radical (unpaired) electrons. The third-order valence-electron chi connectivity index (χ3n) is 4.45. The molecule has 0 aliphatic carbocycles. The van der Waals surface area contributed by atoms with E-state index in [-0.39, 0.29) is 18.0 Å². The molecule has 0 bridgehead atoms. The van der Waals surface area contributed by atoms with Crippen LogP contribution in [0.3, 0.4) is 0 Å². The zero-order chi connectivity index (χ0) is 19.2. The molecular weight excluding hydrogens is 343 g/mol. The molecule has 0 spiro atoms. The summed E-state index contributed by atoms with van der Waals surface area (Å²) in [4.78, 5) is 25.8. The topological polar surface area (TPSA) is 43.4 Å². The van der Waals surface area contributed by atoms with Gasteiger partial charge in [-0.3, -0.25) is 9.59 Å². The minimum absolute atomic E-state index is 0.0343. The van der Waals surface area contributed by atoms with Crippen LogP contribution in [0.5, 0.6) is 5.75 Å². The van der Waals surface area contributed by atoms with Crippen LogP contribution >= 0.6 is 0 Å². The average Bonchev–Trinajstić information content (AvgIpc) is 2.72. The lowest BCUT2D eigenvalue weighted by Gasteiger charge is -2.16. The summed E-state index contributed by atoms with van der Waals surface area (Å²) in [7, 11) is 1.56. The van der Waals surface area contributed by atoms with Gasteiger partial charge in [0, 0.05) is 17.5 Å². The summed E-state index contributed by atoms with van der Waals surface area (Å²) in [5.74, 6) is -0.720. The standard InChI is InChI=1S/C23H19FO3/c1-27-20-13-9-17(10-14-20)22(25)15-21(16-5-3-2-4-6-16)23(26)18-7-11-19(24)12-8-18/h2-14,21H,15H2,1H3. The van der Waals surface area contributed by atoms with Crippen molar-refractivity contribution in [1.29, 1.82) is 0 Å². The van der Waals surface area contributed by atoms with Gasteiger partial charge in [-0.25, -0.2) is 4.39 Å². The van der Waals surface area contributed by atoms with E-state index < -0.39 is 11.7 Å². The zero-order valence-corrected chi connectivity index (χ0v) is 14.9. The van der Waals surface area contributed by atoms with Crippen molar-refractivity contribution in [3.05, 3.63) is 101 Å². The van der Waals surface area contributed by atoms with E-state index in [0.717, 1.165) is 5.56 Å². The van der Waals surface area contributed by atoms with Crippen LogP contribution in [-0.4, -0.2) is 18.7 Å². The molecule has 1 unspecified atom stereocenters. The largest absolute Gasteiger partial charge is 0.497 e. The molecule has 0 N–H and O–H groups in total. The van der Waals surface area contributed by atoms with E-state index in [1.165, 1.54) is 24.3 Å². The molecule has 1 atom stereocenters. The maximum absolute atomic E-state index is 13.2. The van der Waals surface area contributed by atoms with Crippen molar-refractivity contribution < 1.29 is 18.7 Å². The summed E-state index contributed by atoms with van der Waals surface area (Å²) in [6.45, 7) is 0. The van der Waals surface area contributed by atoms with Crippen molar-refractivity contribution >= 4 is 11.6 Å². The van der Waals surface area contributed by atoms with Crippen molar-refractivity contribution in [2.24, 2.45) is 0 Å². The number of hydrogen-bond acceptors (Lipinski definition) is 3. The highest BCUT2D eigenvalue weighted by molar-refractivity contribution is 6.06. The van der Waals surface area contributed by atoms with Gasteiger partial charge >= 0.3 is 0 Å². The summed E-state index contributed by atoms with van der Waals surface area (Å²) in [6, 6.07) is 21.4. The maximum Gasteiger partial charge on any atom is 0.170 e. The second kappa shape index (κ2) is 8.41. The van der Waals surface area contributed by atoms with Crippen LogP contribution < -0.4 is 4.74 Å². The molecule has 3 rings (SSSR count). The Hall–Kier alpha value is -3.27. The van der Waals surface area contributed by atoms with E-state index in [1.807, 2.05) is 30.3 Å². The molecule has 0 amide bonds. The van der Waals surface area contributed by atoms with E-state index >= 15 is 0 Å². The van der Waals surface area contributed by atoms with Gasteiger partial charge in [0.15, 0.2) is 11.6 Å². The molecule has 3 aromatic carbocycles. The lowest BCUT2D eigenvalue weighted by atomic mass is 9.85. The summed E-state index contributed by atoms with van der Waals surface area (Å²) in [5, 5.41) is 0. The van der Waals surface area contributed by atoms with Gasteiger partial charge in [0.05, 0.1) is 13.0 Å². The average molecular weight is 362 g/mol. The number of methoxy groups -OCH3 is 1. The Labute approximate surface area is 157 Å². The van der Waals surface area contributed by atoms with Gasteiger partial charge in [0.2, 0.25) is 0 Å². The normalized spacial score (nSPS) is 11.6. The molecule has 0 saturated heterocycles. The maximum atomic E-state index is 13.2. The second-order valence-electron chi connectivity index (χ2n) is 6.19. The highest BCUT2D eigenvalue weighted by Crippen LogP contribution is 2.27. The second-order valence-corrected chi connectivity index (χ2v) is 6.19. The van der Waals surface area contributed by atoms with Crippen molar-refractivity contribution in [2.75, 3.05) is 7.11 Å². The van der Waals surface area contributed by atoms with Crippen LogP contribution in [0, 0.1) is 5.82 Å². The predicted molar refractivity (Wildman–Crippen MR) is 102 cm³/mol. The molecule has 0 aliphatic rings. The lowest BCUT2D eigenvalue weighted by Crippen LogP contribution is -2.17. The van der Waals surface area contributed by atoms with Gasteiger partial charge in [-0.1, -0.05) is 30.3 Å². The van der Waals surface area contributed by atoms with E-state index in [0.29, 0.717) is 16.9 Å². The van der Waals surface area contributed by atoms with E-state index in [2.05, 4.69) is 0 Å². The minimum atomic E-state index is -0.633. The Morgan fingerprint density at radius 2 is 1.44 bits per heavy atom. The van der Waals surface area contributed by atoms with E-state index in [9.17, 15) is 14.0 Å². The number of Topliss-reactive ketones (excluding diaryl/α,β-unsaturated/α-hetero) is 2. The summed E-state index contributed by atoms with van der Waals surface area (Å²) in [6.07, 6.45) is 0.0343. The Morgan fingerprint density at radius 3 is 2.04 bits per heavy atom. The molecule has 0 fully saturated rings. The number of carbonyl (C=O) groups is 2. The Morgan fingerprint density at radius 1 is 0.852 bits per heavy atom. The van der Waals surface area contributed by atoms with Gasteiger partial charge in [-0.15, -0.1) is 0 Å².